The van der Waals surface area contributed by atoms with E-state index in [-0.39, 0.29) is 11.8 Å². The van der Waals surface area contributed by atoms with Crippen molar-refractivity contribution in [2.45, 2.75) is 31.4 Å². The summed E-state index contributed by atoms with van der Waals surface area (Å²) in [6.07, 6.45) is 1.74. The summed E-state index contributed by atoms with van der Waals surface area (Å²) >= 11 is 11.9. The van der Waals surface area contributed by atoms with Crippen molar-refractivity contribution >= 4 is 40.7 Å². The number of anilines is 1. The second-order valence-electron chi connectivity index (χ2n) is 5.44. The molecule has 2 atom stereocenters. The Kier molecular flexibility index (Phi) is 4.57. The summed E-state index contributed by atoms with van der Waals surface area (Å²) in [4.78, 5) is 26.1. The molecule has 0 spiro atoms. The molecule has 0 saturated carbocycles. The zero-order valence-corrected chi connectivity index (χ0v) is 13.4. The Hall–Kier alpha value is -1.30. The number of hydrogen-bond acceptors (Lipinski definition) is 3. The molecule has 0 radical (unpaired) electrons. The van der Waals surface area contributed by atoms with Crippen molar-refractivity contribution in [3.05, 3.63) is 28.2 Å². The minimum Gasteiger partial charge on any atom is -0.368 e. The molecule has 0 bridgehead atoms. The molecule has 1 unspecified atom stereocenters. The molecule has 1 N–H and O–H groups in total. The Morgan fingerprint density at radius 2 is 2.09 bits per heavy atom. The third kappa shape index (κ3) is 3.07. The van der Waals surface area contributed by atoms with Gasteiger partial charge in [0.15, 0.2) is 0 Å². The van der Waals surface area contributed by atoms with Gasteiger partial charge in [-0.25, -0.2) is 0 Å². The second kappa shape index (κ2) is 6.44. The molecule has 2 aliphatic rings. The van der Waals surface area contributed by atoms with Crippen molar-refractivity contribution in [1.29, 1.82) is 0 Å². The van der Waals surface area contributed by atoms with E-state index in [1.54, 1.807) is 23.1 Å². The Morgan fingerprint density at radius 1 is 1.27 bits per heavy atom. The fourth-order valence-corrected chi connectivity index (χ4v) is 3.06. The normalized spacial score (nSPS) is 24.8. The lowest BCUT2D eigenvalue weighted by molar-refractivity contribution is -0.133. The number of carbonyl (C=O) groups is 2. The third-order valence-corrected chi connectivity index (χ3v) is 4.70. The van der Waals surface area contributed by atoms with E-state index in [0.717, 1.165) is 6.42 Å². The average Bonchev–Trinajstić information content (AvgIpc) is 3.13. The van der Waals surface area contributed by atoms with Crippen LogP contribution < -0.4 is 10.2 Å². The lowest BCUT2D eigenvalue weighted by Gasteiger charge is -2.18. The van der Waals surface area contributed by atoms with Gasteiger partial charge in [0.25, 0.3) is 0 Å². The van der Waals surface area contributed by atoms with Crippen LogP contribution in [0.15, 0.2) is 18.2 Å². The van der Waals surface area contributed by atoms with E-state index >= 15 is 0 Å². The summed E-state index contributed by atoms with van der Waals surface area (Å²) in [7, 11) is 0. The van der Waals surface area contributed by atoms with Crippen LogP contribution in [-0.2, 0) is 14.3 Å². The molecule has 2 saturated heterocycles. The second-order valence-corrected chi connectivity index (χ2v) is 6.25. The molecular formula is C15H16Cl2N2O3. The van der Waals surface area contributed by atoms with Crippen LogP contribution >= 0.6 is 23.2 Å². The summed E-state index contributed by atoms with van der Waals surface area (Å²) in [5.74, 6) is -0.337. The number of nitrogens with zero attached hydrogens (tertiary/aromatic N) is 1. The van der Waals surface area contributed by atoms with E-state index in [2.05, 4.69) is 5.32 Å². The molecule has 7 heteroatoms. The molecule has 1 aromatic rings. The highest BCUT2D eigenvalue weighted by molar-refractivity contribution is 6.42. The summed E-state index contributed by atoms with van der Waals surface area (Å²) in [6, 6.07) is 4.55. The molecule has 2 amide bonds. The van der Waals surface area contributed by atoms with Gasteiger partial charge in [-0.3, -0.25) is 9.59 Å². The van der Waals surface area contributed by atoms with Gasteiger partial charge in [0.2, 0.25) is 11.8 Å². The van der Waals surface area contributed by atoms with Crippen LogP contribution in [0.3, 0.4) is 0 Å². The molecule has 0 aliphatic carbocycles. The monoisotopic (exact) mass is 342 g/mol. The number of benzene rings is 1. The lowest BCUT2D eigenvalue weighted by Crippen LogP contribution is -2.45. The first-order chi connectivity index (χ1) is 10.6. The molecule has 1 aromatic carbocycles. The first-order valence-corrected chi connectivity index (χ1v) is 8.00. The molecule has 2 heterocycles. The molecule has 2 aliphatic heterocycles. The van der Waals surface area contributed by atoms with Crippen molar-refractivity contribution in [3.63, 3.8) is 0 Å². The molecule has 5 nitrogen and oxygen atoms in total. The fraction of sp³-hybridized carbons (Fsp3) is 0.467. The Balaban J connectivity index is 1.66. The summed E-state index contributed by atoms with van der Waals surface area (Å²) in [5, 5.41) is 3.63. The maximum Gasteiger partial charge on any atom is 0.249 e. The number of carbonyl (C=O) groups excluding carboxylic acids is 2. The van der Waals surface area contributed by atoms with Gasteiger partial charge in [-0.1, -0.05) is 23.2 Å². The van der Waals surface area contributed by atoms with Gasteiger partial charge in [-0.05, 0) is 37.5 Å². The molecular weight excluding hydrogens is 327 g/mol. The van der Waals surface area contributed by atoms with Crippen LogP contribution in [0.5, 0.6) is 0 Å². The van der Waals surface area contributed by atoms with Gasteiger partial charge in [-0.2, -0.15) is 0 Å². The van der Waals surface area contributed by atoms with Crippen molar-refractivity contribution < 1.29 is 14.3 Å². The predicted molar refractivity (Wildman–Crippen MR) is 84.3 cm³/mol. The maximum atomic E-state index is 12.4. The van der Waals surface area contributed by atoms with Gasteiger partial charge in [0.05, 0.1) is 10.0 Å². The highest BCUT2D eigenvalue weighted by atomic mass is 35.5. The summed E-state index contributed by atoms with van der Waals surface area (Å²) in [6.45, 7) is 1.14. The maximum absolute atomic E-state index is 12.4. The standard InChI is InChI=1S/C15H16Cl2N2O3/c16-10-4-3-9(8-11(10)17)19-6-5-12(15(19)21)18-14(20)13-2-1-7-22-13/h3-4,8,12-13H,1-2,5-7H2,(H,18,20)/t12?,13-/m0/s1. The lowest BCUT2D eigenvalue weighted by atomic mass is 10.2. The molecule has 0 aromatic heterocycles. The fourth-order valence-electron chi connectivity index (χ4n) is 2.77. The Labute approximate surface area is 138 Å². The quantitative estimate of drug-likeness (QED) is 0.917. The smallest absolute Gasteiger partial charge is 0.249 e. The van der Waals surface area contributed by atoms with Crippen molar-refractivity contribution in [3.8, 4) is 0 Å². The zero-order valence-electron chi connectivity index (χ0n) is 11.9. The van der Waals surface area contributed by atoms with Crippen molar-refractivity contribution in [2.24, 2.45) is 0 Å². The minimum atomic E-state index is -0.508. The predicted octanol–water partition coefficient (Wildman–Crippen LogP) is 2.39. The average molecular weight is 343 g/mol. The van der Waals surface area contributed by atoms with Crippen LogP contribution in [0.2, 0.25) is 10.0 Å². The minimum absolute atomic E-state index is 0.135. The van der Waals surface area contributed by atoms with Gasteiger partial charge in [-0.15, -0.1) is 0 Å². The van der Waals surface area contributed by atoms with E-state index < -0.39 is 12.1 Å². The van der Waals surface area contributed by atoms with E-state index in [0.29, 0.717) is 41.7 Å². The number of amides is 2. The third-order valence-electron chi connectivity index (χ3n) is 3.96. The Bertz CT molecular complexity index is 602. The highest BCUT2D eigenvalue weighted by Gasteiger charge is 2.35. The van der Waals surface area contributed by atoms with Crippen LogP contribution in [0, 0.1) is 0 Å². The molecule has 118 valence electrons. The largest absolute Gasteiger partial charge is 0.368 e. The number of hydrogen-bond donors (Lipinski definition) is 1. The molecule has 22 heavy (non-hydrogen) atoms. The van der Waals surface area contributed by atoms with Crippen molar-refractivity contribution in [2.75, 3.05) is 18.1 Å². The van der Waals surface area contributed by atoms with E-state index in [1.165, 1.54) is 0 Å². The molecule has 3 rings (SSSR count). The van der Waals surface area contributed by atoms with E-state index in [1.807, 2.05) is 0 Å². The van der Waals surface area contributed by atoms with Gasteiger partial charge >= 0.3 is 0 Å². The van der Waals surface area contributed by atoms with Gasteiger partial charge in [0.1, 0.15) is 12.1 Å². The van der Waals surface area contributed by atoms with Crippen LogP contribution in [-0.4, -0.2) is 37.1 Å². The van der Waals surface area contributed by atoms with Crippen molar-refractivity contribution in [1.82, 2.24) is 5.32 Å². The van der Waals surface area contributed by atoms with Gasteiger partial charge in [0, 0.05) is 18.8 Å². The number of halogens is 2. The van der Waals surface area contributed by atoms with Gasteiger partial charge < -0.3 is 15.0 Å². The summed E-state index contributed by atoms with van der Waals surface area (Å²) in [5.41, 5.74) is 0.688. The van der Waals surface area contributed by atoms with Crippen LogP contribution in [0.1, 0.15) is 19.3 Å². The number of ether oxygens (including phenoxy) is 1. The highest BCUT2D eigenvalue weighted by Crippen LogP contribution is 2.29. The zero-order chi connectivity index (χ0) is 15.7. The summed E-state index contributed by atoms with van der Waals surface area (Å²) < 4.78 is 5.33. The van der Waals surface area contributed by atoms with Crippen LogP contribution in [0.4, 0.5) is 5.69 Å². The topological polar surface area (TPSA) is 58.6 Å². The van der Waals surface area contributed by atoms with E-state index in [9.17, 15) is 9.59 Å². The number of nitrogens with one attached hydrogen (secondary N) is 1. The first kappa shape index (κ1) is 15.6. The molecule has 2 fully saturated rings. The van der Waals surface area contributed by atoms with Crippen LogP contribution in [0.25, 0.3) is 0 Å². The SMILES string of the molecule is O=C(NC1CCN(c2ccc(Cl)c(Cl)c2)C1=O)[C@@H]1CCCO1. The number of rotatable bonds is 3. The van der Waals surface area contributed by atoms with E-state index in [4.69, 9.17) is 27.9 Å². The Morgan fingerprint density at radius 3 is 2.77 bits per heavy atom. The first-order valence-electron chi connectivity index (χ1n) is 7.24.